The molecule has 0 aromatic rings. The molecule has 0 bridgehead atoms. The highest BCUT2D eigenvalue weighted by Crippen LogP contribution is 2.34. The van der Waals surface area contributed by atoms with E-state index >= 15 is 0 Å². The zero-order chi connectivity index (χ0) is 8.65. The number of rotatable bonds is 1. The summed E-state index contributed by atoms with van der Waals surface area (Å²) in [5.74, 6) is -0.299. The van der Waals surface area contributed by atoms with Crippen LogP contribution in [-0.4, -0.2) is 39.7 Å². The molecule has 11 heavy (non-hydrogen) atoms. The van der Waals surface area contributed by atoms with Gasteiger partial charge in [-0.15, -0.1) is 0 Å². The smallest absolute Gasteiger partial charge is 0.0978 e. The summed E-state index contributed by atoms with van der Waals surface area (Å²) in [4.78, 5) is 0. The van der Waals surface area contributed by atoms with E-state index in [1.165, 1.54) is 6.92 Å². The van der Waals surface area contributed by atoms with Crippen LogP contribution in [0.15, 0.2) is 0 Å². The molecular formula is C7H15NO3. The first-order valence-electron chi connectivity index (χ1n) is 3.77. The van der Waals surface area contributed by atoms with Crippen LogP contribution in [0.3, 0.4) is 0 Å². The number of aliphatic hydroxyl groups excluding tert-OH is 2. The zero-order valence-corrected chi connectivity index (χ0v) is 6.57. The third-order valence-corrected chi connectivity index (χ3v) is 2.61. The molecule has 1 saturated carbocycles. The van der Waals surface area contributed by atoms with Crippen LogP contribution in [-0.2, 0) is 0 Å². The molecule has 0 radical (unpaired) electrons. The van der Waals surface area contributed by atoms with Crippen LogP contribution in [0.2, 0.25) is 0 Å². The Hall–Kier alpha value is -0.160. The Bertz CT molecular complexity index is 149. The maximum Gasteiger partial charge on any atom is 0.0978 e. The van der Waals surface area contributed by atoms with Crippen molar-refractivity contribution in [3.05, 3.63) is 0 Å². The maximum atomic E-state index is 9.60. The van der Waals surface area contributed by atoms with E-state index in [1.807, 2.05) is 0 Å². The molecule has 4 atom stereocenters. The van der Waals surface area contributed by atoms with Crippen LogP contribution in [0.1, 0.15) is 13.3 Å². The summed E-state index contributed by atoms with van der Waals surface area (Å²) in [7, 11) is 0. The minimum Gasteiger partial charge on any atom is -0.396 e. The molecule has 0 aliphatic heterocycles. The molecule has 1 aliphatic carbocycles. The Morgan fingerprint density at radius 2 is 2.18 bits per heavy atom. The van der Waals surface area contributed by atoms with Gasteiger partial charge < -0.3 is 21.1 Å². The van der Waals surface area contributed by atoms with Crippen LogP contribution >= 0.6 is 0 Å². The lowest BCUT2D eigenvalue weighted by atomic mass is 9.92. The second-order valence-electron chi connectivity index (χ2n) is 3.45. The molecule has 0 amide bonds. The van der Waals surface area contributed by atoms with Crippen LogP contribution < -0.4 is 5.73 Å². The average Bonchev–Trinajstić information content (AvgIpc) is 2.13. The van der Waals surface area contributed by atoms with Gasteiger partial charge in [-0.3, -0.25) is 0 Å². The van der Waals surface area contributed by atoms with Gasteiger partial charge in [0.05, 0.1) is 11.7 Å². The summed E-state index contributed by atoms with van der Waals surface area (Å²) >= 11 is 0. The van der Waals surface area contributed by atoms with Crippen molar-refractivity contribution in [2.24, 2.45) is 11.7 Å². The first-order chi connectivity index (χ1) is 5.00. The van der Waals surface area contributed by atoms with Crippen molar-refractivity contribution in [1.82, 2.24) is 0 Å². The summed E-state index contributed by atoms with van der Waals surface area (Å²) in [5, 5.41) is 27.8. The van der Waals surface area contributed by atoms with Crippen LogP contribution in [0, 0.1) is 5.92 Å². The van der Waals surface area contributed by atoms with Crippen LogP contribution in [0.25, 0.3) is 0 Å². The van der Waals surface area contributed by atoms with Gasteiger partial charge >= 0.3 is 0 Å². The molecule has 1 rings (SSSR count). The molecule has 4 nitrogen and oxygen atoms in total. The molecule has 0 aromatic carbocycles. The lowest BCUT2D eigenvalue weighted by molar-refractivity contribution is -0.0794. The van der Waals surface area contributed by atoms with Gasteiger partial charge in [0, 0.05) is 18.6 Å². The van der Waals surface area contributed by atoms with E-state index < -0.39 is 17.7 Å². The monoisotopic (exact) mass is 161 g/mol. The topological polar surface area (TPSA) is 86.7 Å². The summed E-state index contributed by atoms with van der Waals surface area (Å²) in [6, 6.07) is -0.415. The van der Waals surface area contributed by atoms with E-state index in [0.29, 0.717) is 6.42 Å². The number of nitrogens with two attached hydrogens (primary N) is 1. The molecule has 0 saturated heterocycles. The number of hydrogen-bond donors (Lipinski definition) is 4. The van der Waals surface area contributed by atoms with Gasteiger partial charge in [-0.1, -0.05) is 0 Å². The van der Waals surface area contributed by atoms with Gasteiger partial charge in [0.15, 0.2) is 0 Å². The Kier molecular flexibility index (Phi) is 2.20. The van der Waals surface area contributed by atoms with Crippen molar-refractivity contribution in [1.29, 1.82) is 0 Å². The zero-order valence-electron chi connectivity index (χ0n) is 6.57. The van der Waals surface area contributed by atoms with E-state index in [4.69, 9.17) is 10.8 Å². The molecule has 4 heteroatoms. The van der Waals surface area contributed by atoms with Gasteiger partial charge in [0.2, 0.25) is 0 Å². The first-order valence-corrected chi connectivity index (χ1v) is 3.77. The van der Waals surface area contributed by atoms with E-state index in [9.17, 15) is 10.2 Å². The Morgan fingerprint density at radius 3 is 2.36 bits per heavy atom. The predicted molar refractivity (Wildman–Crippen MR) is 39.8 cm³/mol. The second kappa shape index (κ2) is 2.71. The molecule has 1 fully saturated rings. The minimum absolute atomic E-state index is 0.127. The molecule has 66 valence electrons. The second-order valence-corrected chi connectivity index (χ2v) is 3.45. The summed E-state index contributed by atoms with van der Waals surface area (Å²) in [6.45, 7) is 1.38. The largest absolute Gasteiger partial charge is 0.396 e. The van der Waals surface area contributed by atoms with Crippen molar-refractivity contribution >= 4 is 0 Å². The van der Waals surface area contributed by atoms with Crippen molar-refractivity contribution in [3.63, 3.8) is 0 Å². The normalized spacial score (nSPS) is 51.5. The summed E-state index contributed by atoms with van der Waals surface area (Å²) in [6.07, 6.45) is -0.440. The molecule has 0 heterocycles. The Morgan fingerprint density at radius 1 is 1.64 bits per heavy atom. The van der Waals surface area contributed by atoms with E-state index in [1.54, 1.807) is 0 Å². The van der Waals surface area contributed by atoms with Crippen molar-refractivity contribution in [3.8, 4) is 0 Å². The minimum atomic E-state index is -1.23. The average molecular weight is 161 g/mol. The third kappa shape index (κ3) is 1.27. The van der Waals surface area contributed by atoms with E-state index in [0.717, 1.165) is 0 Å². The number of aliphatic hydroxyl groups is 3. The fourth-order valence-electron chi connectivity index (χ4n) is 1.63. The first kappa shape index (κ1) is 8.93. The highest BCUT2D eigenvalue weighted by Gasteiger charge is 2.48. The Balaban J connectivity index is 2.74. The lowest BCUT2D eigenvalue weighted by Crippen LogP contribution is -2.45. The van der Waals surface area contributed by atoms with Crippen molar-refractivity contribution in [2.75, 3.05) is 6.61 Å². The summed E-state index contributed by atoms with van der Waals surface area (Å²) < 4.78 is 0. The van der Waals surface area contributed by atoms with Gasteiger partial charge in [-0.25, -0.2) is 0 Å². The van der Waals surface area contributed by atoms with Gasteiger partial charge in [-0.2, -0.15) is 0 Å². The molecule has 0 unspecified atom stereocenters. The van der Waals surface area contributed by atoms with E-state index in [2.05, 4.69) is 0 Å². The van der Waals surface area contributed by atoms with Crippen LogP contribution in [0.5, 0.6) is 0 Å². The molecule has 1 aliphatic rings. The molecule has 5 N–H and O–H groups in total. The standard InChI is InChI=1S/C7H15NO3/c1-7(11)4(3-9)2-5(8)6(7)10/h4-6,9-11H,2-3,8H2,1H3/t4-,5-,6+,7-/m1/s1. The van der Waals surface area contributed by atoms with Crippen molar-refractivity contribution in [2.45, 2.75) is 31.1 Å². The summed E-state index contributed by atoms with van der Waals surface area (Å²) in [5.41, 5.74) is 4.27. The quantitative estimate of drug-likeness (QED) is 0.374. The number of hydrogen-bond acceptors (Lipinski definition) is 4. The lowest BCUT2D eigenvalue weighted by Gasteiger charge is -2.27. The van der Waals surface area contributed by atoms with Gasteiger partial charge in [-0.05, 0) is 13.3 Å². The molecule has 0 aromatic heterocycles. The highest BCUT2D eigenvalue weighted by molar-refractivity contribution is 5.02. The Labute approximate surface area is 65.6 Å². The maximum absolute atomic E-state index is 9.60. The SMILES string of the molecule is C[C@@]1(O)[C@@H](CO)C[C@@H](N)[C@@H]1O. The van der Waals surface area contributed by atoms with Gasteiger partial charge in [0.25, 0.3) is 0 Å². The van der Waals surface area contributed by atoms with Gasteiger partial charge in [0.1, 0.15) is 0 Å². The predicted octanol–water partition coefficient (Wildman–Crippen LogP) is -1.56. The van der Waals surface area contributed by atoms with Crippen LogP contribution in [0.4, 0.5) is 0 Å². The molecule has 0 spiro atoms. The van der Waals surface area contributed by atoms with Crippen molar-refractivity contribution < 1.29 is 15.3 Å². The van der Waals surface area contributed by atoms with E-state index in [-0.39, 0.29) is 12.5 Å². The third-order valence-electron chi connectivity index (χ3n) is 2.61. The molecular weight excluding hydrogens is 146 g/mol. The highest BCUT2D eigenvalue weighted by atomic mass is 16.3. The fourth-order valence-corrected chi connectivity index (χ4v) is 1.63. The fraction of sp³-hybridized carbons (Fsp3) is 1.00.